The number of hydrogen-bond acceptors (Lipinski definition) is 5. The maximum absolute atomic E-state index is 12.6. The summed E-state index contributed by atoms with van der Waals surface area (Å²) in [5, 5.41) is 7.58. The van der Waals surface area contributed by atoms with Gasteiger partial charge in [0.25, 0.3) is 0 Å². The third-order valence-corrected chi connectivity index (χ3v) is 5.14. The van der Waals surface area contributed by atoms with E-state index < -0.39 is 0 Å². The standard InChI is InChI=1S/C21H21ClN4O3/c1-28-18-9-2-5-14(11-18)19-24-20(29-25-19)15-6-4-10-26(13-15)21(27)23-17-8-3-7-16(22)12-17/h2-3,5,7-9,11-12,15H,4,6,10,13H2,1H3,(H,23,27). The Kier molecular flexibility index (Phi) is 5.67. The van der Waals surface area contributed by atoms with Crippen LogP contribution in [0.4, 0.5) is 10.5 Å². The number of carbonyl (C=O) groups excluding carboxylic acids is 1. The summed E-state index contributed by atoms with van der Waals surface area (Å²) in [5.74, 6) is 1.79. The van der Waals surface area contributed by atoms with E-state index in [1.54, 1.807) is 30.2 Å². The van der Waals surface area contributed by atoms with Crippen LogP contribution in [0.5, 0.6) is 5.75 Å². The van der Waals surface area contributed by atoms with Gasteiger partial charge in [0.2, 0.25) is 11.7 Å². The molecule has 1 atom stereocenters. The molecular weight excluding hydrogens is 392 g/mol. The van der Waals surface area contributed by atoms with Crippen LogP contribution in [-0.4, -0.2) is 41.3 Å². The van der Waals surface area contributed by atoms with Crippen LogP contribution < -0.4 is 10.1 Å². The molecule has 0 saturated carbocycles. The van der Waals surface area contributed by atoms with Gasteiger partial charge in [0.05, 0.1) is 13.0 Å². The van der Waals surface area contributed by atoms with Gasteiger partial charge in [0, 0.05) is 29.4 Å². The summed E-state index contributed by atoms with van der Waals surface area (Å²) in [6, 6.07) is 14.4. The Morgan fingerprint density at radius 2 is 2.14 bits per heavy atom. The predicted octanol–water partition coefficient (Wildman–Crippen LogP) is 4.81. The van der Waals surface area contributed by atoms with Crippen molar-refractivity contribution < 1.29 is 14.1 Å². The molecule has 1 unspecified atom stereocenters. The number of likely N-dealkylation sites (tertiary alicyclic amines) is 1. The minimum Gasteiger partial charge on any atom is -0.497 e. The Balaban J connectivity index is 1.44. The molecule has 4 rings (SSSR count). The van der Waals surface area contributed by atoms with E-state index in [-0.39, 0.29) is 11.9 Å². The highest BCUT2D eigenvalue weighted by Crippen LogP contribution is 2.29. The molecule has 1 aliphatic heterocycles. The Labute approximate surface area is 173 Å². The molecule has 0 spiro atoms. The number of urea groups is 1. The average Bonchev–Trinajstić information content (AvgIpc) is 3.24. The summed E-state index contributed by atoms with van der Waals surface area (Å²) in [4.78, 5) is 19.0. The number of piperidine rings is 1. The van der Waals surface area contributed by atoms with Gasteiger partial charge in [-0.1, -0.05) is 35.0 Å². The van der Waals surface area contributed by atoms with Crippen LogP contribution >= 0.6 is 11.6 Å². The Morgan fingerprint density at radius 1 is 1.28 bits per heavy atom. The first kappa shape index (κ1) is 19.3. The van der Waals surface area contributed by atoms with Crippen molar-refractivity contribution in [3.63, 3.8) is 0 Å². The molecule has 2 amide bonds. The zero-order chi connectivity index (χ0) is 20.2. The molecule has 29 heavy (non-hydrogen) atoms. The van der Waals surface area contributed by atoms with Crippen LogP contribution in [0.3, 0.4) is 0 Å². The normalized spacial score (nSPS) is 16.5. The Bertz CT molecular complexity index is 1010. The van der Waals surface area contributed by atoms with Crippen molar-refractivity contribution in [1.82, 2.24) is 15.0 Å². The highest BCUT2D eigenvalue weighted by atomic mass is 35.5. The van der Waals surface area contributed by atoms with Gasteiger partial charge >= 0.3 is 6.03 Å². The summed E-state index contributed by atoms with van der Waals surface area (Å²) in [6.07, 6.45) is 1.76. The van der Waals surface area contributed by atoms with Crippen LogP contribution in [0, 0.1) is 0 Å². The molecule has 0 aliphatic carbocycles. The molecule has 8 heteroatoms. The molecule has 0 radical (unpaired) electrons. The lowest BCUT2D eigenvalue weighted by Gasteiger charge is -2.31. The van der Waals surface area contributed by atoms with E-state index in [1.165, 1.54) is 0 Å². The van der Waals surface area contributed by atoms with Crippen LogP contribution in [-0.2, 0) is 0 Å². The Morgan fingerprint density at radius 3 is 2.97 bits per heavy atom. The van der Waals surface area contributed by atoms with Gasteiger partial charge in [0.15, 0.2) is 0 Å². The van der Waals surface area contributed by atoms with E-state index in [0.29, 0.717) is 35.5 Å². The molecule has 1 aromatic heterocycles. The number of hydrogen-bond donors (Lipinski definition) is 1. The second-order valence-electron chi connectivity index (χ2n) is 6.91. The second kappa shape index (κ2) is 8.53. The number of nitrogens with one attached hydrogen (secondary N) is 1. The van der Waals surface area contributed by atoms with Gasteiger partial charge in [-0.05, 0) is 43.2 Å². The van der Waals surface area contributed by atoms with Crippen molar-refractivity contribution in [2.45, 2.75) is 18.8 Å². The molecular formula is C21H21ClN4O3. The molecule has 0 bridgehead atoms. The lowest BCUT2D eigenvalue weighted by molar-refractivity contribution is 0.184. The number of amides is 2. The van der Waals surface area contributed by atoms with Gasteiger partial charge in [-0.2, -0.15) is 4.98 Å². The number of nitrogens with zero attached hydrogens (tertiary/aromatic N) is 3. The number of benzene rings is 2. The topological polar surface area (TPSA) is 80.5 Å². The van der Waals surface area contributed by atoms with Crippen molar-refractivity contribution in [3.8, 4) is 17.1 Å². The number of aromatic nitrogens is 2. The highest BCUT2D eigenvalue weighted by molar-refractivity contribution is 6.30. The quantitative estimate of drug-likeness (QED) is 0.665. The molecule has 2 aromatic carbocycles. The lowest BCUT2D eigenvalue weighted by Crippen LogP contribution is -2.41. The van der Waals surface area contributed by atoms with Gasteiger partial charge in [-0.3, -0.25) is 0 Å². The van der Waals surface area contributed by atoms with Gasteiger partial charge in [-0.25, -0.2) is 4.79 Å². The summed E-state index contributed by atoms with van der Waals surface area (Å²) in [5.41, 5.74) is 1.49. The van der Waals surface area contributed by atoms with E-state index in [0.717, 1.165) is 24.2 Å². The lowest BCUT2D eigenvalue weighted by atomic mass is 9.98. The van der Waals surface area contributed by atoms with Crippen molar-refractivity contribution in [2.75, 3.05) is 25.5 Å². The third kappa shape index (κ3) is 4.51. The number of anilines is 1. The van der Waals surface area contributed by atoms with Crippen LogP contribution in [0.15, 0.2) is 53.1 Å². The number of rotatable bonds is 4. The first-order chi connectivity index (χ1) is 14.1. The molecule has 2 heterocycles. The van der Waals surface area contributed by atoms with Gasteiger partial charge < -0.3 is 19.5 Å². The number of ether oxygens (including phenoxy) is 1. The maximum Gasteiger partial charge on any atom is 0.321 e. The number of carbonyl (C=O) groups is 1. The third-order valence-electron chi connectivity index (χ3n) is 4.90. The second-order valence-corrected chi connectivity index (χ2v) is 7.35. The average molecular weight is 413 g/mol. The minimum absolute atomic E-state index is 0.000666. The van der Waals surface area contributed by atoms with E-state index in [1.807, 2.05) is 30.3 Å². The summed E-state index contributed by atoms with van der Waals surface area (Å²) < 4.78 is 10.8. The van der Waals surface area contributed by atoms with Crippen LogP contribution in [0.2, 0.25) is 5.02 Å². The largest absolute Gasteiger partial charge is 0.497 e. The molecule has 1 saturated heterocycles. The SMILES string of the molecule is COc1cccc(-c2noc(C3CCCN(C(=O)Nc4cccc(Cl)c4)C3)n2)c1. The smallest absolute Gasteiger partial charge is 0.321 e. The van der Waals surface area contributed by atoms with Crippen molar-refractivity contribution in [3.05, 3.63) is 59.4 Å². The molecule has 1 aliphatic rings. The molecule has 3 aromatic rings. The zero-order valence-electron chi connectivity index (χ0n) is 16.0. The first-order valence-electron chi connectivity index (χ1n) is 9.42. The fourth-order valence-corrected chi connectivity index (χ4v) is 3.60. The number of methoxy groups -OCH3 is 1. The minimum atomic E-state index is -0.162. The van der Waals surface area contributed by atoms with Gasteiger partial charge in [-0.15, -0.1) is 0 Å². The Hall–Kier alpha value is -3.06. The van der Waals surface area contributed by atoms with E-state index in [4.69, 9.17) is 20.9 Å². The highest BCUT2D eigenvalue weighted by Gasteiger charge is 2.29. The monoisotopic (exact) mass is 412 g/mol. The zero-order valence-corrected chi connectivity index (χ0v) is 16.7. The summed E-state index contributed by atoms with van der Waals surface area (Å²) in [6.45, 7) is 1.20. The first-order valence-corrected chi connectivity index (χ1v) is 9.79. The predicted molar refractivity (Wildman–Crippen MR) is 110 cm³/mol. The molecule has 1 N–H and O–H groups in total. The fraction of sp³-hybridized carbons (Fsp3) is 0.286. The number of halogens is 1. The summed E-state index contributed by atoms with van der Waals surface area (Å²) >= 11 is 5.99. The van der Waals surface area contributed by atoms with Gasteiger partial charge in [0.1, 0.15) is 5.75 Å². The fourth-order valence-electron chi connectivity index (χ4n) is 3.41. The maximum atomic E-state index is 12.6. The van der Waals surface area contributed by atoms with Crippen LogP contribution in [0.1, 0.15) is 24.7 Å². The molecule has 150 valence electrons. The van der Waals surface area contributed by atoms with E-state index >= 15 is 0 Å². The van der Waals surface area contributed by atoms with Crippen molar-refractivity contribution in [1.29, 1.82) is 0 Å². The molecule has 7 nitrogen and oxygen atoms in total. The van der Waals surface area contributed by atoms with Crippen molar-refractivity contribution >= 4 is 23.3 Å². The van der Waals surface area contributed by atoms with E-state index in [2.05, 4.69) is 15.5 Å². The van der Waals surface area contributed by atoms with Crippen LogP contribution in [0.25, 0.3) is 11.4 Å². The molecule has 1 fully saturated rings. The van der Waals surface area contributed by atoms with E-state index in [9.17, 15) is 4.79 Å². The summed E-state index contributed by atoms with van der Waals surface area (Å²) in [7, 11) is 1.62. The van der Waals surface area contributed by atoms with Crippen molar-refractivity contribution in [2.24, 2.45) is 0 Å².